The summed E-state index contributed by atoms with van der Waals surface area (Å²) in [4.78, 5) is 13.7. The summed E-state index contributed by atoms with van der Waals surface area (Å²) in [5.74, 6) is 1.15. The Labute approximate surface area is 127 Å². The quantitative estimate of drug-likeness (QED) is 0.785. The second kappa shape index (κ2) is 5.97. The molecule has 1 aromatic carbocycles. The fourth-order valence-electron chi connectivity index (χ4n) is 2.12. The Bertz CT molecular complexity index is 515. The van der Waals surface area contributed by atoms with E-state index >= 15 is 0 Å². The normalized spacial score (nSPS) is 19.1. The summed E-state index contributed by atoms with van der Waals surface area (Å²) in [5.41, 5.74) is -1.19. The van der Waals surface area contributed by atoms with Gasteiger partial charge in [0.1, 0.15) is 0 Å². The Morgan fingerprint density at radius 3 is 2.70 bits per heavy atom. The lowest BCUT2D eigenvalue weighted by molar-refractivity contribution is -0.138. The van der Waals surface area contributed by atoms with E-state index < -0.39 is 17.6 Å². The molecule has 0 aromatic heterocycles. The molecule has 7 heteroatoms. The van der Waals surface area contributed by atoms with Crippen LogP contribution in [0.2, 0.25) is 0 Å². The average molecular weight is 368 g/mol. The van der Waals surface area contributed by atoms with E-state index in [0.717, 1.165) is 24.0 Å². The SMILES string of the molecule is CN(C(=O)c1ccc(Br)cc1C(F)(F)F)C1CCSC1. The molecule has 1 amide bonds. The van der Waals surface area contributed by atoms with Gasteiger partial charge in [-0.2, -0.15) is 24.9 Å². The minimum absolute atomic E-state index is 0.0113. The second-order valence-electron chi connectivity index (χ2n) is 4.62. The first-order valence-corrected chi connectivity index (χ1v) is 7.97. The Morgan fingerprint density at radius 2 is 2.15 bits per heavy atom. The number of hydrogen-bond acceptors (Lipinski definition) is 2. The molecule has 0 N–H and O–H groups in total. The molecule has 1 fully saturated rings. The molecule has 0 saturated carbocycles. The molecule has 0 radical (unpaired) electrons. The zero-order valence-corrected chi connectivity index (χ0v) is 13.1. The van der Waals surface area contributed by atoms with Crippen LogP contribution in [0.25, 0.3) is 0 Å². The molecule has 1 heterocycles. The molecule has 2 rings (SSSR count). The van der Waals surface area contributed by atoms with E-state index in [2.05, 4.69) is 15.9 Å². The third kappa shape index (κ3) is 3.31. The van der Waals surface area contributed by atoms with E-state index in [4.69, 9.17) is 0 Å². The smallest absolute Gasteiger partial charge is 0.338 e. The van der Waals surface area contributed by atoms with Gasteiger partial charge >= 0.3 is 6.18 Å². The third-order valence-corrected chi connectivity index (χ3v) is 4.93. The molecule has 0 spiro atoms. The molecular formula is C13H13BrF3NOS. The first-order valence-electron chi connectivity index (χ1n) is 6.02. The number of hydrogen-bond donors (Lipinski definition) is 0. The molecular weight excluding hydrogens is 355 g/mol. The number of thioether (sulfide) groups is 1. The maximum atomic E-state index is 13.0. The number of rotatable bonds is 2. The van der Waals surface area contributed by atoms with Gasteiger partial charge in [-0.15, -0.1) is 0 Å². The second-order valence-corrected chi connectivity index (χ2v) is 6.69. The van der Waals surface area contributed by atoms with Crippen LogP contribution in [0.3, 0.4) is 0 Å². The Morgan fingerprint density at radius 1 is 1.45 bits per heavy atom. The summed E-state index contributed by atoms with van der Waals surface area (Å²) in [5, 5.41) is 0. The lowest BCUT2D eigenvalue weighted by atomic mass is 10.0. The third-order valence-electron chi connectivity index (χ3n) is 3.29. The molecule has 1 atom stereocenters. The summed E-state index contributed by atoms with van der Waals surface area (Å²) in [6.45, 7) is 0. The van der Waals surface area contributed by atoms with E-state index in [1.807, 2.05) is 0 Å². The van der Waals surface area contributed by atoms with Crippen LogP contribution >= 0.6 is 27.7 Å². The molecule has 1 aliphatic heterocycles. The van der Waals surface area contributed by atoms with Crippen LogP contribution in [-0.2, 0) is 6.18 Å². The maximum Gasteiger partial charge on any atom is 0.417 e. The average Bonchev–Trinajstić information content (AvgIpc) is 2.89. The van der Waals surface area contributed by atoms with E-state index in [-0.39, 0.29) is 11.6 Å². The number of benzene rings is 1. The van der Waals surface area contributed by atoms with Crippen LogP contribution in [0, 0.1) is 0 Å². The van der Waals surface area contributed by atoms with E-state index in [9.17, 15) is 18.0 Å². The van der Waals surface area contributed by atoms with Crippen molar-refractivity contribution in [2.45, 2.75) is 18.6 Å². The van der Waals surface area contributed by atoms with Crippen molar-refractivity contribution in [2.75, 3.05) is 18.6 Å². The van der Waals surface area contributed by atoms with Crippen molar-refractivity contribution in [2.24, 2.45) is 0 Å². The monoisotopic (exact) mass is 367 g/mol. The fraction of sp³-hybridized carbons (Fsp3) is 0.462. The van der Waals surface area contributed by atoms with Gasteiger partial charge in [-0.05, 0) is 30.4 Å². The molecule has 1 aromatic rings. The Kier molecular flexibility index (Phi) is 4.69. The number of nitrogens with zero attached hydrogens (tertiary/aromatic N) is 1. The Balaban J connectivity index is 2.34. The van der Waals surface area contributed by atoms with Crippen LogP contribution in [0.5, 0.6) is 0 Å². The highest BCUT2D eigenvalue weighted by atomic mass is 79.9. The maximum absolute atomic E-state index is 13.0. The van der Waals surface area contributed by atoms with E-state index in [1.54, 1.807) is 18.8 Å². The van der Waals surface area contributed by atoms with Crippen LogP contribution in [0.1, 0.15) is 22.3 Å². The van der Waals surface area contributed by atoms with Crippen molar-refractivity contribution < 1.29 is 18.0 Å². The van der Waals surface area contributed by atoms with Crippen molar-refractivity contribution in [1.82, 2.24) is 4.90 Å². The largest absolute Gasteiger partial charge is 0.417 e. The van der Waals surface area contributed by atoms with Crippen LogP contribution in [0.4, 0.5) is 13.2 Å². The van der Waals surface area contributed by atoms with Crippen molar-refractivity contribution in [3.8, 4) is 0 Å². The number of amides is 1. The zero-order valence-electron chi connectivity index (χ0n) is 10.7. The molecule has 0 aliphatic carbocycles. The lowest BCUT2D eigenvalue weighted by Gasteiger charge is -2.25. The highest BCUT2D eigenvalue weighted by molar-refractivity contribution is 9.10. The van der Waals surface area contributed by atoms with E-state index in [0.29, 0.717) is 4.47 Å². The molecule has 0 bridgehead atoms. The number of carbonyl (C=O) groups is 1. The van der Waals surface area contributed by atoms with Gasteiger partial charge in [0.25, 0.3) is 5.91 Å². The minimum atomic E-state index is -4.54. The van der Waals surface area contributed by atoms with Gasteiger partial charge in [0.05, 0.1) is 11.1 Å². The predicted molar refractivity (Wildman–Crippen MR) is 77.0 cm³/mol. The number of halogens is 4. The highest BCUT2D eigenvalue weighted by Crippen LogP contribution is 2.35. The summed E-state index contributed by atoms with van der Waals surface area (Å²) < 4.78 is 39.4. The Hall–Kier alpha value is -0.690. The summed E-state index contributed by atoms with van der Waals surface area (Å²) in [7, 11) is 1.57. The van der Waals surface area contributed by atoms with Crippen molar-refractivity contribution >= 4 is 33.6 Å². The standard InChI is InChI=1S/C13H13BrF3NOS/c1-18(9-4-5-20-7-9)12(19)10-3-2-8(14)6-11(10)13(15,16)17/h2-3,6,9H,4-5,7H2,1H3. The summed E-state index contributed by atoms with van der Waals surface area (Å²) >= 11 is 4.72. The van der Waals surface area contributed by atoms with Gasteiger partial charge in [0, 0.05) is 23.3 Å². The van der Waals surface area contributed by atoms with Gasteiger partial charge in [-0.25, -0.2) is 0 Å². The van der Waals surface area contributed by atoms with Gasteiger partial charge in [-0.1, -0.05) is 15.9 Å². The van der Waals surface area contributed by atoms with Gasteiger partial charge in [-0.3, -0.25) is 4.79 Å². The first kappa shape index (κ1) is 15.7. The van der Waals surface area contributed by atoms with Crippen LogP contribution in [-0.4, -0.2) is 35.4 Å². The number of alkyl halides is 3. The van der Waals surface area contributed by atoms with Crippen molar-refractivity contribution in [1.29, 1.82) is 0 Å². The first-order chi connectivity index (χ1) is 9.30. The summed E-state index contributed by atoms with van der Waals surface area (Å²) in [6, 6.07) is 3.65. The molecule has 1 unspecified atom stereocenters. The number of carbonyl (C=O) groups excluding carboxylic acids is 1. The van der Waals surface area contributed by atoms with Gasteiger partial charge in [0.2, 0.25) is 0 Å². The molecule has 20 heavy (non-hydrogen) atoms. The van der Waals surface area contributed by atoms with Crippen LogP contribution < -0.4 is 0 Å². The minimum Gasteiger partial charge on any atom is -0.338 e. The van der Waals surface area contributed by atoms with Gasteiger partial charge < -0.3 is 4.90 Å². The molecule has 110 valence electrons. The van der Waals surface area contributed by atoms with Crippen molar-refractivity contribution in [3.63, 3.8) is 0 Å². The molecule has 1 saturated heterocycles. The zero-order chi connectivity index (χ0) is 14.9. The summed E-state index contributed by atoms with van der Waals surface area (Å²) in [6.07, 6.45) is -3.72. The predicted octanol–water partition coefficient (Wildman–Crippen LogP) is 4.05. The highest BCUT2D eigenvalue weighted by Gasteiger charge is 2.37. The molecule has 1 aliphatic rings. The van der Waals surface area contributed by atoms with Crippen LogP contribution in [0.15, 0.2) is 22.7 Å². The lowest BCUT2D eigenvalue weighted by Crippen LogP contribution is -2.37. The fourth-order valence-corrected chi connectivity index (χ4v) is 3.75. The van der Waals surface area contributed by atoms with E-state index in [1.165, 1.54) is 17.0 Å². The van der Waals surface area contributed by atoms with Gasteiger partial charge in [0.15, 0.2) is 0 Å². The molecule has 2 nitrogen and oxygen atoms in total. The van der Waals surface area contributed by atoms with Crippen molar-refractivity contribution in [3.05, 3.63) is 33.8 Å². The topological polar surface area (TPSA) is 20.3 Å².